The molecule has 0 saturated heterocycles. The van der Waals surface area contributed by atoms with Gasteiger partial charge in [0.1, 0.15) is 0 Å². The van der Waals surface area contributed by atoms with E-state index >= 15 is 0 Å². The van der Waals surface area contributed by atoms with Gasteiger partial charge in [-0.15, -0.1) is 0 Å². The minimum atomic E-state index is -3.81. The summed E-state index contributed by atoms with van der Waals surface area (Å²) in [6.45, 7) is 1.89. The number of carbonyl (C=O) groups excluding carboxylic acids is 1. The number of nitrogens with zero attached hydrogens (tertiary/aromatic N) is 1. The smallest absolute Gasteiger partial charge is 0.264 e. The summed E-state index contributed by atoms with van der Waals surface area (Å²) in [7, 11) is -2.37. The Hall–Kier alpha value is -2.83. The number of nitrogens with one attached hydrogen (secondary N) is 1. The lowest BCUT2D eigenvalue weighted by Gasteiger charge is -2.22. The third-order valence-electron chi connectivity index (χ3n) is 4.27. The normalized spacial score (nSPS) is 11.1. The molecule has 3 rings (SSSR count). The number of benzene rings is 3. The van der Waals surface area contributed by atoms with Crippen molar-refractivity contribution >= 4 is 38.9 Å². The minimum Gasteiger partial charge on any atom is -0.322 e. The van der Waals surface area contributed by atoms with Crippen molar-refractivity contribution in [3.8, 4) is 0 Å². The molecular weight excluding hydrogens is 396 g/mol. The highest BCUT2D eigenvalue weighted by atomic mass is 35.5. The standard InChI is InChI=1S/C21H19ClN2O3S/c1-15-7-13-18(14-8-15)28(26,27)24(2)20-6-4-3-5-19(20)21(25)23-17-11-9-16(22)10-12-17/h3-14H,1-2H3,(H,23,25). The quantitative estimate of drug-likeness (QED) is 0.656. The van der Waals surface area contributed by atoms with Crippen LogP contribution in [0.15, 0.2) is 77.7 Å². The number of amides is 1. The third kappa shape index (κ3) is 4.18. The molecule has 0 bridgehead atoms. The molecule has 0 aromatic heterocycles. The van der Waals surface area contributed by atoms with Gasteiger partial charge in [0, 0.05) is 17.8 Å². The zero-order valence-corrected chi connectivity index (χ0v) is 17.0. The number of para-hydroxylation sites is 1. The Bertz CT molecular complexity index is 1100. The first-order valence-corrected chi connectivity index (χ1v) is 10.3. The SMILES string of the molecule is Cc1ccc(S(=O)(=O)N(C)c2ccccc2C(=O)Nc2ccc(Cl)cc2)cc1. The van der Waals surface area contributed by atoms with Crippen LogP contribution in [0.2, 0.25) is 5.02 Å². The molecule has 0 heterocycles. The summed E-state index contributed by atoms with van der Waals surface area (Å²) >= 11 is 5.86. The van der Waals surface area contributed by atoms with E-state index in [-0.39, 0.29) is 16.1 Å². The van der Waals surface area contributed by atoms with Gasteiger partial charge in [-0.2, -0.15) is 0 Å². The number of hydrogen-bond donors (Lipinski definition) is 1. The number of carbonyl (C=O) groups is 1. The fourth-order valence-electron chi connectivity index (χ4n) is 2.67. The summed E-state index contributed by atoms with van der Waals surface area (Å²) in [5.41, 5.74) is 2.06. The van der Waals surface area contributed by atoms with Crippen LogP contribution in [0.4, 0.5) is 11.4 Å². The zero-order chi connectivity index (χ0) is 20.3. The Kier molecular flexibility index (Phi) is 5.72. The van der Waals surface area contributed by atoms with E-state index in [1.165, 1.54) is 7.05 Å². The fourth-order valence-corrected chi connectivity index (χ4v) is 4.01. The molecule has 28 heavy (non-hydrogen) atoms. The van der Waals surface area contributed by atoms with E-state index in [0.29, 0.717) is 10.7 Å². The molecule has 144 valence electrons. The number of sulfonamides is 1. The molecule has 3 aromatic carbocycles. The van der Waals surface area contributed by atoms with Crippen molar-refractivity contribution in [1.82, 2.24) is 0 Å². The van der Waals surface area contributed by atoms with E-state index in [2.05, 4.69) is 5.32 Å². The number of anilines is 2. The van der Waals surface area contributed by atoms with Crippen LogP contribution in [-0.4, -0.2) is 21.4 Å². The maximum atomic E-state index is 13.0. The summed E-state index contributed by atoms with van der Waals surface area (Å²) in [5.74, 6) is -0.413. The molecule has 0 aliphatic heterocycles. The molecule has 0 spiro atoms. The monoisotopic (exact) mass is 414 g/mol. The van der Waals surface area contributed by atoms with Crippen LogP contribution >= 0.6 is 11.6 Å². The average molecular weight is 415 g/mol. The van der Waals surface area contributed by atoms with E-state index in [0.717, 1.165) is 9.87 Å². The van der Waals surface area contributed by atoms with Gasteiger partial charge in [0.15, 0.2) is 0 Å². The summed E-state index contributed by atoms with van der Waals surface area (Å²) in [4.78, 5) is 12.9. The molecule has 0 aliphatic carbocycles. The third-order valence-corrected chi connectivity index (χ3v) is 6.31. The van der Waals surface area contributed by atoms with Gasteiger partial charge >= 0.3 is 0 Å². The van der Waals surface area contributed by atoms with E-state index in [1.807, 2.05) is 6.92 Å². The van der Waals surface area contributed by atoms with Gasteiger partial charge in [-0.3, -0.25) is 9.10 Å². The largest absolute Gasteiger partial charge is 0.322 e. The zero-order valence-electron chi connectivity index (χ0n) is 15.4. The fraction of sp³-hybridized carbons (Fsp3) is 0.0952. The first-order valence-electron chi connectivity index (χ1n) is 8.50. The van der Waals surface area contributed by atoms with Crippen LogP contribution in [0, 0.1) is 6.92 Å². The molecule has 1 N–H and O–H groups in total. The average Bonchev–Trinajstić information content (AvgIpc) is 2.69. The molecule has 1 amide bonds. The van der Waals surface area contributed by atoms with Crippen LogP contribution in [0.3, 0.4) is 0 Å². The van der Waals surface area contributed by atoms with E-state index in [1.54, 1.807) is 72.8 Å². The van der Waals surface area contributed by atoms with Crippen LogP contribution in [0.1, 0.15) is 15.9 Å². The molecule has 0 unspecified atom stereocenters. The Balaban J connectivity index is 1.93. The van der Waals surface area contributed by atoms with E-state index < -0.39 is 15.9 Å². The molecule has 0 fully saturated rings. The lowest BCUT2D eigenvalue weighted by atomic mass is 10.1. The Labute approximate surface area is 169 Å². The predicted octanol–water partition coefficient (Wildman–Crippen LogP) is 4.73. The number of halogens is 1. The van der Waals surface area contributed by atoms with Gasteiger partial charge in [-0.25, -0.2) is 8.42 Å². The van der Waals surface area contributed by atoms with Crippen molar-refractivity contribution in [2.45, 2.75) is 11.8 Å². The topological polar surface area (TPSA) is 66.5 Å². The lowest BCUT2D eigenvalue weighted by Crippen LogP contribution is -2.29. The molecule has 7 heteroatoms. The van der Waals surface area contributed by atoms with E-state index in [9.17, 15) is 13.2 Å². The van der Waals surface area contributed by atoms with Crippen molar-refractivity contribution in [1.29, 1.82) is 0 Å². The van der Waals surface area contributed by atoms with Crippen molar-refractivity contribution in [3.63, 3.8) is 0 Å². The highest BCUT2D eigenvalue weighted by molar-refractivity contribution is 7.92. The van der Waals surface area contributed by atoms with Crippen molar-refractivity contribution < 1.29 is 13.2 Å². The van der Waals surface area contributed by atoms with Crippen LogP contribution < -0.4 is 9.62 Å². The number of rotatable bonds is 5. The highest BCUT2D eigenvalue weighted by Crippen LogP contribution is 2.27. The summed E-state index contributed by atoms with van der Waals surface area (Å²) in [6.07, 6.45) is 0. The van der Waals surface area contributed by atoms with Gasteiger partial charge in [-0.1, -0.05) is 41.4 Å². The van der Waals surface area contributed by atoms with Gasteiger partial charge in [0.05, 0.1) is 16.1 Å². The second-order valence-corrected chi connectivity index (χ2v) is 8.67. The van der Waals surface area contributed by atoms with E-state index in [4.69, 9.17) is 11.6 Å². The molecule has 0 aliphatic rings. The lowest BCUT2D eigenvalue weighted by molar-refractivity contribution is 0.102. The molecule has 0 atom stereocenters. The highest BCUT2D eigenvalue weighted by Gasteiger charge is 2.25. The maximum Gasteiger partial charge on any atom is 0.264 e. The van der Waals surface area contributed by atoms with Gasteiger partial charge < -0.3 is 5.32 Å². The number of hydrogen-bond acceptors (Lipinski definition) is 3. The summed E-state index contributed by atoms with van der Waals surface area (Å²) < 4.78 is 27.1. The van der Waals surface area contributed by atoms with Crippen molar-refractivity contribution in [2.24, 2.45) is 0 Å². The Morgan fingerprint density at radius 3 is 2.18 bits per heavy atom. The first kappa shape index (κ1) is 19.9. The van der Waals surface area contributed by atoms with Gasteiger partial charge in [0.25, 0.3) is 15.9 Å². The maximum absolute atomic E-state index is 13.0. The molecule has 0 saturated carbocycles. The van der Waals surface area contributed by atoms with Crippen LogP contribution in [0.25, 0.3) is 0 Å². The van der Waals surface area contributed by atoms with Crippen LogP contribution in [-0.2, 0) is 10.0 Å². The molecule has 5 nitrogen and oxygen atoms in total. The molecule has 3 aromatic rings. The summed E-state index contributed by atoms with van der Waals surface area (Å²) in [5, 5.41) is 3.32. The van der Waals surface area contributed by atoms with Crippen molar-refractivity contribution in [3.05, 3.63) is 88.9 Å². The Morgan fingerprint density at radius 1 is 0.929 bits per heavy atom. The first-order chi connectivity index (χ1) is 13.3. The minimum absolute atomic E-state index is 0.161. The second kappa shape index (κ2) is 8.04. The number of aryl methyl sites for hydroxylation is 1. The Morgan fingerprint density at radius 2 is 1.54 bits per heavy atom. The predicted molar refractivity (Wildman–Crippen MR) is 113 cm³/mol. The van der Waals surface area contributed by atoms with Gasteiger partial charge in [0.2, 0.25) is 0 Å². The second-order valence-electron chi connectivity index (χ2n) is 6.26. The molecular formula is C21H19ClN2O3S. The summed E-state index contributed by atoms with van der Waals surface area (Å²) in [6, 6.07) is 19.8. The van der Waals surface area contributed by atoms with Crippen molar-refractivity contribution in [2.75, 3.05) is 16.7 Å². The van der Waals surface area contributed by atoms with Gasteiger partial charge in [-0.05, 0) is 55.5 Å². The van der Waals surface area contributed by atoms with Crippen LogP contribution in [0.5, 0.6) is 0 Å². The molecule has 0 radical (unpaired) electrons.